The largest absolute Gasteiger partial charge is 0.368 e. The summed E-state index contributed by atoms with van der Waals surface area (Å²) in [5, 5.41) is 14.4. The number of aryl methyl sites for hydroxylation is 1. The summed E-state index contributed by atoms with van der Waals surface area (Å²) in [7, 11) is 0. The molecule has 7 heteroatoms. The lowest BCUT2D eigenvalue weighted by atomic mass is 9.84. The van der Waals surface area contributed by atoms with Crippen molar-refractivity contribution < 1.29 is 4.92 Å². The third-order valence-electron chi connectivity index (χ3n) is 3.96. The summed E-state index contributed by atoms with van der Waals surface area (Å²) in [4.78, 5) is 18.6. The molecule has 1 aromatic heterocycles. The summed E-state index contributed by atoms with van der Waals surface area (Å²) in [5.41, 5.74) is 5.83. The molecule has 2 rings (SSSR count). The van der Waals surface area contributed by atoms with Gasteiger partial charge in [0.2, 0.25) is 11.8 Å². The van der Waals surface area contributed by atoms with Gasteiger partial charge in [-0.3, -0.25) is 10.1 Å². The molecule has 0 aliphatic heterocycles. The van der Waals surface area contributed by atoms with Crippen molar-refractivity contribution in [2.45, 2.75) is 52.0 Å². The standard InChI is InChI=1S/C13H21N5O2/c1-3-9-5-4-6-10(7-9)16-12-11(18(19)20)8(2)15-13(14)17-12/h9-10H,3-7H2,1-2H3,(H3,14,15,16,17). The highest BCUT2D eigenvalue weighted by Crippen LogP contribution is 2.32. The highest BCUT2D eigenvalue weighted by molar-refractivity contribution is 5.60. The Morgan fingerprint density at radius 2 is 2.20 bits per heavy atom. The van der Waals surface area contributed by atoms with Crippen LogP contribution < -0.4 is 11.1 Å². The van der Waals surface area contributed by atoms with Crippen molar-refractivity contribution >= 4 is 17.5 Å². The maximum Gasteiger partial charge on any atom is 0.332 e. The monoisotopic (exact) mass is 279 g/mol. The van der Waals surface area contributed by atoms with E-state index in [2.05, 4.69) is 22.2 Å². The molecule has 1 aliphatic rings. The second kappa shape index (κ2) is 6.02. The summed E-state index contributed by atoms with van der Waals surface area (Å²) in [6.45, 7) is 3.76. The van der Waals surface area contributed by atoms with Gasteiger partial charge in [-0.1, -0.05) is 26.2 Å². The van der Waals surface area contributed by atoms with E-state index in [4.69, 9.17) is 5.73 Å². The molecule has 0 aromatic carbocycles. The van der Waals surface area contributed by atoms with E-state index in [-0.39, 0.29) is 23.5 Å². The lowest BCUT2D eigenvalue weighted by molar-refractivity contribution is -0.385. The smallest absolute Gasteiger partial charge is 0.332 e. The van der Waals surface area contributed by atoms with Gasteiger partial charge in [0, 0.05) is 6.04 Å². The minimum absolute atomic E-state index is 0.0680. The average molecular weight is 279 g/mol. The van der Waals surface area contributed by atoms with Crippen LogP contribution in [-0.4, -0.2) is 20.9 Å². The second-order valence-electron chi connectivity index (χ2n) is 5.40. The number of hydrogen-bond acceptors (Lipinski definition) is 6. The Balaban J connectivity index is 2.22. The van der Waals surface area contributed by atoms with Crippen LogP contribution >= 0.6 is 0 Å². The number of anilines is 2. The van der Waals surface area contributed by atoms with Gasteiger partial charge in [0.25, 0.3) is 0 Å². The topological polar surface area (TPSA) is 107 Å². The molecule has 0 saturated heterocycles. The van der Waals surface area contributed by atoms with Crippen molar-refractivity contribution in [3.05, 3.63) is 15.8 Å². The van der Waals surface area contributed by atoms with E-state index in [1.54, 1.807) is 6.92 Å². The molecule has 2 atom stereocenters. The molecule has 0 radical (unpaired) electrons. The predicted octanol–water partition coefficient (Wildman–Crippen LogP) is 2.66. The normalized spacial score (nSPS) is 22.5. The Labute approximate surface area is 118 Å². The number of nitro groups is 1. The maximum atomic E-state index is 11.2. The number of nitrogens with two attached hydrogens (primary N) is 1. The summed E-state index contributed by atoms with van der Waals surface area (Å²) in [6, 6.07) is 0.223. The van der Waals surface area contributed by atoms with Gasteiger partial charge >= 0.3 is 5.69 Å². The molecule has 3 N–H and O–H groups in total. The highest BCUT2D eigenvalue weighted by Gasteiger charge is 2.26. The minimum atomic E-state index is -0.447. The van der Waals surface area contributed by atoms with Gasteiger partial charge in [0.15, 0.2) is 0 Å². The van der Waals surface area contributed by atoms with Crippen molar-refractivity contribution in [2.24, 2.45) is 5.92 Å². The fourth-order valence-electron chi connectivity index (χ4n) is 2.89. The molecule has 2 unspecified atom stereocenters. The van der Waals surface area contributed by atoms with Crippen LogP contribution in [0, 0.1) is 23.0 Å². The average Bonchev–Trinajstić information content (AvgIpc) is 2.37. The third-order valence-corrected chi connectivity index (χ3v) is 3.96. The Morgan fingerprint density at radius 1 is 1.45 bits per heavy atom. The fourth-order valence-corrected chi connectivity index (χ4v) is 2.89. The predicted molar refractivity (Wildman–Crippen MR) is 77.5 cm³/mol. The maximum absolute atomic E-state index is 11.2. The Hall–Kier alpha value is -1.92. The van der Waals surface area contributed by atoms with Crippen LogP contribution in [0.25, 0.3) is 0 Å². The molecule has 1 aromatic rings. The van der Waals surface area contributed by atoms with Crippen molar-refractivity contribution in [1.29, 1.82) is 0 Å². The van der Waals surface area contributed by atoms with E-state index < -0.39 is 4.92 Å². The molecule has 0 amide bonds. The van der Waals surface area contributed by atoms with Gasteiger partial charge in [0.05, 0.1) is 4.92 Å². The SMILES string of the molecule is CCC1CCCC(Nc2nc(N)nc(C)c2[N+](=O)[O-])C1. The van der Waals surface area contributed by atoms with E-state index in [1.165, 1.54) is 6.42 Å². The van der Waals surface area contributed by atoms with Crippen molar-refractivity contribution in [3.63, 3.8) is 0 Å². The minimum Gasteiger partial charge on any atom is -0.368 e. The van der Waals surface area contributed by atoms with Crippen LogP contribution in [0.1, 0.15) is 44.7 Å². The summed E-state index contributed by atoms with van der Waals surface area (Å²) >= 11 is 0. The van der Waals surface area contributed by atoms with Crippen LogP contribution in [0.5, 0.6) is 0 Å². The second-order valence-corrected chi connectivity index (χ2v) is 5.40. The van der Waals surface area contributed by atoms with E-state index in [0.717, 1.165) is 25.7 Å². The highest BCUT2D eigenvalue weighted by atomic mass is 16.6. The molecule has 20 heavy (non-hydrogen) atoms. The Kier molecular flexibility index (Phi) is 4.36. The number of nitrogens with zero attached hydrogens (tertiary/aromatic N) is 3. The number of aromatic nitrogens is 2. The lowest BCUT2D eigenvalue weighted by Crippen LogP contribution is -2.28. The number of hydrogen-bond donors (Lipinski definition) is 2. The summed E-state index contributed by atoms with van der Waals surface area (Å²) in [5.74, 6) is 1.00. The van der Waals surface area contributed by atoms with Gasteiger partial charge in [-0.2, -0.15) is 4.98 Å². The number of nitrogens with one attached hydrogen (secondary N) is 1. The lowest BCUT2D eigenvalue weighted by Gasteiger charge is -2.29. The number of rotatable bonds is 4. The zero-order valence-electron chi connectivity index (χ0n) is 11.9. The van der Waals surface area contributed by atoms with Crippen LogP contribution in [-0.2, 0) is 0 Å². The van der Waals surface area contributed by atoms with Gasteiger partial charge in [-0.15, -0.1) is 0 Å². The van der Waals surface area contributed by atoms with Gasteiger partial charge < -0.3 is 11.1 Å². The Bertz CT molecular complexity index is 506. The molecule has 7 nitrogen and oxygen atoms in total. The fraction of sp³-hybridized carbons (Fsp3) is 0.692. The zero-order chi connectivity index (χ0) is 14.7. The van der Waals surface area contributed by atoms with E-state index in [1.807, 2.05) is 0 Å². The first-order valence-electron chi connectivity index (χ1n) is 7.06. The van der Waals surface area contributed by atoms with E-state index >= 15 is 0 Å². The van der Waals surface area contributed by atoms with Crippen LogP contribution in [0.2, 0.25) is 0 Å². The molecular weight excluding hydrogens is 258 g/mol. The molecule has 1 heterocycles. The Morgan fingerprint density at radius 3 is 2.85 bits per heavy atom. The van der Waals surface area contributed by atoms with Gasteiger partial charge in [0.1, 0.15) is 5.69 Å². The molecule has 0 spiro atoms. The first-order valence-corrected chi connectivity index (χ1v) is 7.06. The molecule has 1 aliphatic carbocycles. The molecule has 110 valence electrons. The van der Waals surface area contributed by atoms with Gasteiger partial charge in [-0.25, -0.2) is 4.98 Å². The molecule has 0 bridgehead atoms. The number of nitrogen functional groups attached to an aromatic ring is 1. The van der Waals surface area contributed by atoms with E-state index in [0.29, 0.717) is 11.6 Å². The molecule has 1 fully saturated rings. The summed E-state index contributed by atoms with van der Waals surface area (Å²) in [6.07, 6.45) is 5.56. The van der Waals surface area contributed by atoms with Crippen LogP contribution in [0.4, 0.5) is 17.5 Å². The zero-order valence-corrected chi connectivity index (χ0v) is 11.9. The van der Waals surface area contributed by atoms with Gasteiger partial charge in [-0.05, 0) is 25.7 Å². The van der Waals surface area contributed by atoms with Crippen molar-refractivity contribution in [2.75, 3.05) is 11.1 Å². The van der Waals surface area contributed by atoms with Crippen molar-refractivity contribution in [3.8, 4) is 0 Å². The molecule has 1 saturated carbocycles. The third kappa shape index (κ3) is 3.15. The van der Waals surface area contributed by atoms with Crippen LogP contribution in [0.3, 0.4) is 0 Å². The summed E-state index contributed by atoms with van der Waals surface area (Å²) < 4.78 is 0. The van der Waals surface area contributed by atoms with Crippen LogP contribution in [0.15, 0.2) is 0 Å². The first kappa shape index (κ1) is 14.5. The quantitative estimate of drug-likeness (QED) is 0.648. The molecular formula is C13H21N5O2. The van der Waals surface area contributed by atoms with Crippen molar-refractivity contribution in [1.82, 2.24) is 9.97 Å². The first-order chi connectivity index (χ1) is 9.51. The van der Waals surface area contributed by atoms with E-state index in [9.17, 15) is 10.1 Å².